The number of nitrogens with zero attached hydrogens (tertiary/aromatic N) is 3. The lowest BCUT2D eigenvalue weighted by Gasteiger charge is -2.22. The number of aromatic nitrogens is 2. The number of benzene rings is 3. The maximum Gasteiger partial charge on any atom is 0.320 e. The van der Waals surface area contributed by atoms with E-state index < -0.39 is 17.2 Å². The Morgan fingerprint density at radius 2 is 1.76 bits per heavy atom. The number of rotatable bonds is 10. The summed E-state index contributed by atoms with van der Waals surface area (Å²) < 4.78 is 49.7. The minimum atomic E-state index is -1.06. The van der Waals surface area contributed by atoms with E-state index in [4.69, 9.17) is 18.7 Å². The summed E-state index contributed by atoms with van der Waals surface area (Å²) in [7, 11) is 4.68. The highest BCUT2D eigenvalue weighted by atomic mass is 19.2. The van der Waals surface area contributed by atoms with Crippen LogP contribution in [0, 0.1) is 11.6 Å². The van der Waals surface area contributed by atoms with Crippen LogP contribution in [0.4, 0.5) is 8.78 Å². The number of halogens is 2. The van der Waals surface area contributed by atoms with Crippen molar-refractivity contribution in [1.82, 2.24) is 15.0 Å². The molecule has 41 heavy (non-hydrogen) atoms. The van der Waals surface area contributed by atoms with Crippen molar-refractivity contribution >= 4 is 5.97 Å². The lowest BCUT2D eigenvalue weighted by atomic mass is 9.96. The van der Waals surface area contributed by atoms with Crippen molar-refractivity contribution in [1.29, 1.82) is 0 Å². The molecule has 0 aliphatic rings. The van der Waals surface area contributed by atoms with Gasteiger partial charge >= 0.3 is 5.97 Å². The third-order valence-corrected chi connectivity index (χ3v) is 6.08. The third kappa shape index (κ3) is 7.33. The van der Waals surface area contributed by atoms with Crippen LogP contribution < -0.4 is 4.74 Å². The van der Waals surface area contributed by atoms with Gasteiger partial charge in [-0.2, -0.15) is 9.37 Å². The minimum Gasteiger partial charge on any atom is -0.493 e. The van der Waals surface area contributed by atoms with Crippen LogP contribution >= 0.6 is 0 Å². The summed E-state index contributed by atoms with van der Waals surface area (Å²) >= 11 is 0. The second-order valence-electron chi connectivity index (χ2n) is 10.6. The van der Waals surface area contributed by atoms with Gasteiger partial charge in [0.05, 0.1) is 20.3 Å². The van der Waals surface area contributed by atoms with Crippen LogP contribution in [0.15, 0.2) is 59.1 Å². The molecule has 10 heteroatoms. The van der Waals surface area contributed by atoms with E-state index in [0.29, 0.717) is 34.6 Å². The van der Waals surface area contributed by atoms with Gasteiger partial charge in [-0.1, -0.05) is 29.4 Å². The fraction of sp³-hybridized carbons (Fsp3) is 0.323. The Hall–Kier alpha value is -4.15. The topological polar surface area (TPSA) is 86.9 Å². The second-order valence-corrected chi connectivity index (χ2v) is 10.6. The zero-order chi connectivity index (χ0) is 29.7. The monoisotopic (exact) mass is 565 g/mol. The molecule has 0 aliphatic heterocycles. The highest BCUT2D eigenvalue weighted by Crippen LogP contribution is 2.37. The highest BCUT2D eigenvalue weighted by molar-refractivity contribution is 5.76. The Morgan fingerprint density at radius 1 is 1.00 bits per heavy atom. The van der Waals surface area contributed by atoms with E-state index in [0.717, 1.165) is 17.2 Å². The molecule has 0 fully saturated rings. The summed E-state index contributed by atoms with van der Waals surface area (Å²) in [5.74, 6) is -1.84. The van der Waals surface area contributed by atoms with Gasteiger partial charge in [0.25, 0.3) is 5.89 Å². The molecule has 0 radical (unpaired) electrons. The summed E-state index contributed by atoms with van der Waals surface area (Å²) in [6.45, 7) is 6.39. The highest BCUT2D eigenvalue weighted by Gasteiger charge is 2.20. The van der Waals surface area contributed by atoms with Gasteiger partial charge in [-0.3, -0.25) is 9.69 Å². The first-order valence-electron chi connectivity index (χ1n) is 13.0. The number of carbonyl (C=O) groups excluding carboxylic acids is 1. The quantitative estimate of drug-likeness (QED) is 0.208. The van der Waals surface area contributed by atoms with Crippen molar-refractivity contribution in [3.63, 3.8) is 0 Å². The van der Waals surface area contributed by atoms with E-state index in [1.54, 1.807) is 25.3 Å². The SMILES string of the molecule is COCc1cc(-c2nc(-c3cccc(CN(C)CC(=O)OC(C)(C)C)c3)no2)ccc1-c1ccc(F)c(F)c1OC. The average Bonchev–Trinajstić information content (AvgIpc) is 3.40. The predicted octanol–water partition coefficient (Wildman–Crippen LogP) is 6.28. The van der Waals surface area contributed by atoms with Gasteiger partial charge in [0.15, 0.2) is 11.6 Å². The van der Waals surface area contributed by atoms with Gasteiger partial charge in [0.2, 0.25) is 11.6 Å². The van der Waals surface area contributed by atoms with E-state index in [2.05, 4.69) is 10.1 Å². The second kappa shape index (κ2) is 12.6. The number of methoxy groups -OCH3 is 2. The lowest BCUT2D eigenvalue weighted by Crippen LogP contribution is -2.32. The molecular formula is C31H33F2N3O5. The van der Waals surface area contributed by atoms with Crippen molar-refractivity contribution in [2.24, 2.45) is 0 Å². The number of hydrogen-bond donors (Lipinski definition) is 0. The van der Waals surface area contributed by atoms with Crippen molar-refractivity contribution in [2.75, 3.05) is 27.8 Å². The zero-order valence-electron chi connectivity index (χ0n) is 24.0. The first-order valence-corrected chi connectivity index (χ1v) is 13.0. The molecule has 1 heterocycles. The largest absolute Gasteiger partial charge is 0.493 e. The molecule has 4 rings (SSSR count). The van der Waals surface area contributed by atoms with E-state index in [9.17, 15) is 13.6 Å². The van der Waals surface area contributed by atoms with Crippen LogP contribution in [0.3, 0.4) is 0 Å². The molecule has 0 saturated heterocycles. The molecule has 0 amide bonds. The van der Waals surface area contributed by atoms with Crippen LogP contribution in [0.5, 0.6) is 5.75 Å². The van der Waals surface area contributed by atoms with E-state index in [1.807, 2.05) is 57.0 Å². The number of esters is 1. The Balaban J connectivity index is 1.56. The summed E-state index contributed by atoms with van der Waals surface area (Å²) in [6.07, 6.45) is 0. The molecular weight excluding hydrogens is 532 g/mol. The molecule has 216 valence electrons. The Bertz CT molecular complexity index is 1530. The molecule has 0 atom stereocenters. The first-order chi connectivity index (χ1) is 19.5. The number of likely N-dealkylation sites (N-methyl/N-ethyl adjacent to an activating group) is 1. The molecule has 0 N–H and O–H groups in total. The van der Waals surface area contributed by atoms with Gasteiger partial charge in [-0.05, 0) is 74.8 Å². The number of carbonyl (C=O) groups is 1. The van der Waals surface area contributed by atoms with Gasteiger partial charge in [-0.15, -0.1) is 0 Å². The van der Waals surface area contributed by atoms with Crippen molar-refractivity contribution in [3.05, 3.63) is 77.4 Å². The minimum absolute atomic E-state index is 0.157. The van der Waals surface area contributed by atoms with Crippen LogP contribution in [0.2, 0.25) is 0 Å². The smallest absolute Gasteiger partial charge is 0.320 e. The van der Waals surface area contributed by atoms with Crippen molar-refractivity contribution < 1.29 is 32.3 Å². The van der Waals surface area contributed by atoms with E-state index in [-0.39, 0.29) is 30.8 Å². The normalized spacial score (nSPS) is 11.6. The summed E-state index contributed by atoms with van der Waals surface area (Å²) in [5.41, 5.74) is 3.53. The fourth-order valence-electron chi connectivity index (χ4n) is 4.44. The Morgan fingerprint density at radius 3 is 2.46 bits per heavy atom. The van der Waals surface area contributed by atoms with Crippen molar-refractivity contribution in [3.8, 4) is 39.7 Å². The molecule has 8 nitrogen and oxygen atoms in total. The van der Waals surface area contributed by atoms with Crippen LogP contribution in [-0.4, -0.2) is 54.4 Å². The van der Waals surface area contributed by atoms with E-state index in [1.165, 1.54) is 13.2 Å². The molecule has 4 aromatic rings. The van der Waals surface area contributed by atoms with Gasteiger partial charge in [0.1, 0.15) is 5.60 Å². The molecule has 0 aliphatic carbocycles. The van der Waals surface area contributed by atoms with Gasteiger partial charge in [0, 0.05) is 30.3 Å². The van der Waals surface area contributed by atoms with Crippen LogP contribution in [-0.2, 0) is 27.4 Å². The van der Waals surface area contributed by atoms with Crippen LogP contribution in [0.1, 0.15) is 31.9 Å². The zero-order valence-corrected chi connectivity index (χ0v) is 24.0. The Labute approximate surface area is 237 Å². The van der Waals surface area contributed by atoms with Gasteiger partial charge in [-0.25, -0.2) is 4.39 Å². The van der Waals surface area contributed by atoms with Crippen molar-refractivity contribution in [2.45, 2.75) is 39.5 Å². The molecule has 1 aromatic heterocycles. The maximum atomic E-state index is 14.4. The predicted molar refractivity (Wildman–Crippen MR) is 150 cm³/mol. The summed E-state index contributed by atoms with van der Waals surface area (Å²) in [4.78, 5) is 18.6. The first kappa shape index (κ1) is 29.8. The summed E-state index contributed by atoms with van der Waals surface area (Å²) in [6, 6.07) is 15.5. The summed E-state index contributed by atoms with van der Waals surface area (Å²) in [5, 5.41) is 4.16. The Kier molecular flexibility index (Phi) is 9.14. The molecule has 3 aromatic carbocycles. The molecule has 0 bridgehead atoms. The average molecular weight is 566 g/mol. The molecule has 0 saturated carbocycles. The third-order valence-electron chi connectivity index (χ3n) is 6.08. The fourth-order valence-corrected chi connectivity index (χ4v) is 4.44. The maximum absolute atomic E-state index is 14.4. The molecule has 0 unspecified atom stereocenters. The number of hydrogen-bond acceptors (Lipinski definition) is 8. The number of ether oxygens (including phenoxy) is 3. The molecule has 0 spiro atoms. The van der Waals surface area contributed by atoms with Crippen LogP contribution in [0.25, 0.3) is 34.0 Å². The van der Waals surface area contributed by atoms with E-state index >= 15 is 0 Å². The lowest BCUT2D eigenvalue weighted by molar-refractivity contribution is -0.155. The standard InChI is InChI=1S/C31H33F2N3O5/c1-31(2,3)40-26(37)17-36(4)16-19-8-7-9-20(14-19)29-34-30(41-35-29)21-10-11-23(22(15-21)18-38-5)24-12-13-25(32)27(33)28(24)39-6/h7-15H,16-18H2,1-6H3. The van der Waals surface area contributed by atoms with Gasteiger partial charge < -0.3 is 18.7 Å².